The molecule has 134 valence electrons. The zero-order valence-electron chi connectivity index (χ0n) is 15.2. The molecule has 24 heavy (non-hydrogen) atoms. The van der Waals surface area contributed by atoms with Gasteiger partial charge in [0.25, 0.3) is 0 Å². The Morgan fingerprint density at radius 1 is 1.29 bits per heavy atom. The minimum atomic E-state index is -0.876. The molecule has 0 radical (unpaired) electrons. The summed E-state index contributed by atoms with van der Waals surface area (Å²) in [5.74, 6) is 0. The molecule has 1 N–H and O–H groups in total. The Balaban J connectivity index is 2.09. The fraction of sp³-hybridized carbons (Fsp3) is 0.632. The minimum absolute atomic E-state index is 0.316. The molecular formula is C19H28ClNO3. The maximum Gasteiger partial charge on any atom is 0.410 e. The van der Waals surface area contributed by atoms with Crippen LogP contribution in [0, 0.1) is 5.41 Å². The van der Waals surface area contributed by atoms with Gasteiger partial charge < -0.3 is 14.7 Å². The van der Waals surface area contributed by atoms with E-state index in [1.54, 1.807) is 4.90 Å². The predicted octanol–water partition coefficient (Wildman–Crippen LogP) is 4.28. The number of amides is 1. The van der Waals surface area contributed by atoms with Crippen LogP contribution in [0.25, 0.3) is 0 Å². The molecule has 1 aromatic carbocycles. The standard InChI is InChI=1S/C19H28ClNO3/c1-17(2,3)24-16(22)21-11-10-19(23,18(4,5)13-21)12-14-6-8-15(20)9-7-14/h6-9,23H,10-13H2,1-5H3. The molecule has 1 saturated heterocycles. The van der Waals surface area contributed by atoms with Gasteiger partial charge in [-0.05, 0) is 44.9 Å². The van der Waals surface area contributed by atoms with Gasteiger partial charge in [-0.2, -0.15) is 0 Å². The molecule has 1 heterocycles. The van der Waals surface area contributed by atoms with Crippen LogP contribution in [0.4, 0.5) is 4.79 Å². The van der Waals surface area contributed by atoms with Gasteiger partial charge in [-0.1, -0.05) is 37.6 Å². The second kappa shape index (κ2) is 6.57. The fourth-order valence-electron chi connectivity index (χ4n) is 3.11. The van der Waals surface area contributed by atoms with Crippen molar-refractivity contribution in [3.8, 4) is 0 Å². The van der Waals surface area contributed by atoms with Gasteiger partial charge >= 0.3 is 6.09 Å². The molecule has 0 aliphatic carbocycles. The summed E-state index contributed by atoms with van der Waals surface area (Å²) in [6.07, 6.45) is 0.741. The Hall–Kier alpha value is -1.26. The third-order valence-electron chi connectivity index (χ3n) is 4.70. The van der Waals surface area contributed by atoms with E-state index in [0.717, 1.165) is 5.56 Å². The Labute approximate surface area is 149 Å². The number of carbonyl (C=O) groups excluding carboxylic acids is 1. The van der Waals surface area contributed by atoms with Crippen molar-refractivity contribution in [1.29, 1.82) is 0 Å². The van der Waals surface area contributed by atoms with Gasteiger partial charge in [-0.25, -0.2) is 4.79 Å². The summed E-state index contributed by atoms with van der Waals surface area (Å²) in [6.45, 7) is 10.5. The number of hydrogen-bond donors (Lipinski definition) is 1. The molecule has 0 aromatic heterocycles. The number of ether oxygens (including phenoxy) is 1. The van der Waals surface area contributed by atoms with Crippen molar-refractivity contribution in [3.05, 3.63) is 34.9 Å². The van der Waals surface area contributed by atoms with E-state index in [9.17, 15) is 9.90 Å². The van der Waals surface area contributed by atoms with E-state index in [2.05, 4.69) is 0 Å². The van der Waals surface area contributed by atoms with Gasteiger partial charge in [0.1, 0.15) is 5.60 Å². The number of piperidine rings is 1. The van der Waals surface area contributed by atoms with E-state index < -0.39 is 16.6 Å². The first-order valence-corrected chi connectivity index (χ1v) is 8.74. The van der Waals surface area contributed by atoms with Crippen LogP contribution < -0.4 is 0 Å². The van der Waals surface area contributed by atoms with Crippen molar-refractivity contribution in [2.24, 2.45) is 5.41 Å². The average Bonchev–Trinajstić information content (AvgIpc) is 2.43. The number of aliphatic hydroxyl groups is 1. The zero-order chi connectivity index (χ0) is 18.2. The van der Waals surface area contributed by atoms with Crippen LogP contribution in [0.5, 0.6) is 0 Å². The summed E-state index contributed by atoms with van der Waals surface area (Å²) >= 11 is 5.93. The topological polar surface area (TPSA) is 49.8 Å². The Morgan fingerprint density at radius 3 is 2.38 bits per heavy atom. The van der Waals surface area contributed by atoms with Crippen LogP contribution in [0.1, 0.15) is 46.6 Å². The highest BCUT2D eigenvalue weighted by Crippen LogP contribution is 2.41. The number of nitrogens with zero attached hydrogens (tertiary/aromatic N) is 1. The highest BCUT2D eigenvalue weighted by Gasteiger charge is 2.49. The summed E-state index contributed by atoms with van der Waals surface area (Å²) in [4.78, 5) is 14.0. The van der Waals surface area contributed by atoms with Crippen molar-refractivity contribution in [2.75, 3.05) is 13.1 Å². The summed E-state index contributed by atoms with van der Waals surface area (Å²) in [6, 6.07) is 7.55. The highest BCUT2D eigenvalue weighted by molar-refractivity contribution is 6.30. The minimum Gasteiger partial charge on any atom is -0.444 e. The molecule has 1 fully saturated rings. The smallest absolute Gasteiger partial charge is 0.410 e. The molecule has 1 unspecified atom stereocenters. The summed E-state index contributed by atoms with van der Waals surface area (Å²) in [5, 5.41) is 11.9. The van der Waals surface area contributed by atoms with E-state index in [1.807, 2.05) is 58.9 Å². The van der Waals surface area contributed by atoms with Gasteiger partial charge in [-0.15, -0.1) is 0 Å². The van der Waals surface area contributed by atoms with Crippen LogP contribution in [-0.4, -0.2) is 40.4 Å². The third-order valence-corrected chi connectivity index (χ3v) is 4.95. The zero-order valence-corrected chi connectivity index (χ0v) is 16.0. The lowest BCUT2D eigenvalue weighted by molar-refractivity contribution is -0.116. The molecule has 2 rings (SSSR count). The van der Waals surface area contributed by atoms with Crippen molar-refractivity contribution in [1.82, 2.24) is 4.90 Å². The molecule has 1 aromatic rings. The maximum absolute atomic E-state index is 12.3. The molecule has 1 atom stereocenters. The number of halogens is 1. The number of hydrogen-bond acceptors (Lipinski definition) is 3. The molecule has 5 heteroatoms. The first-order valence-electron chi connectivity index (χ1n) is 8.37. The second-order valence-corrected chi connectivity index (χ2v) is 8.81. The highest BCUT2D eigenvalue weighted by atomic mass is 35.5. The molecule has 1 aliphatic heterocycles. The van der Waals surface area contributed by atoms with E-state index in [4.69, 9.17) is 16.3 Å². The molecule has 4 nitrogen and oxygen atoms in total. The maximum atomic E-state index is 12.3. The molecule has 0 spiro atoms. The predicted molar refractivity (Wildman–Crippen MR) is 96.3 cm³/mol. The van der Waals surface area contributed by atoms with Crippen LogP contribution in [0.15, 0.2) is 24.3 Å². The van der Waals surface area contributed by atoms with Gasteiger partial charge in [0.2, 0.25) is 0 Å². The normalized spacial score (nSPS) is 23.9. The number of rotatable bonds is 2. The average molecular weight is 354 g/mol. The van der Waals surface area contributed by atoms with Crippen molar-refractivity contribution >= 4 is 17.7 Å². The second-order valence-electron chi connectivity index (χ2n) is 8.37. The summed E-state index contributed by atoms with van der Waals surface area (Å²) in [7, 11) is 0. The van der Waals surface area contributed by atoms with Crippen LogP contribution >= 0.6 is 11.6 Å². The molecule has 0 bridgehead atoms. The van der Waals surface area contributed by atoms with Crippen LogP contribution in [0.2, 0.25) is 5.02 Å². The van der Waals surface area contributed by atoms with Crippen LogP contribution in [-0.2, 0) is 11.2 Å². The van der Waals surface area contributed by atoms with Crippen molar-refractivity contribution in [3.63, 3.8) is 0 Å². The summed E-state index contributed by atoms with van der Waals surface area (Å²) in [5.41, 5.74) is -0.792. The van der Waals surface area contributed by atoms with E-state index in [0.29, 0.717) is 31.0 Å². The largest absolute Gasteiger partial charge is 0.444 e. The fourth-order valence-corrected chi connectivity index (χ4v) is 3.24. The molecule has 0 saturated carbocycles. The van der Waals surface area contributed by atoms with Gasteiger partial charge in [0.15, 0.2) is 0 Å². The van der Waals surface area contributed by atoms with E-state index >= 15 is 0 Å². The van der Waals surface area contributed by atoms with Crippen LogP contribution in [0.3, 0.4) is 0 Å². The quantitative estimate of drug-likeness (QED) is 0.863. The molecule has 1 amide bonds. The van der Waals surface area contributed by atoms with E-state index in [1.165, 1.54) is 0 Å². The molecule has 1 aliphatic rings. The monoisotopic (exact) mass is 353 g/mol. The lowest BCUT2D eigenvalue weighted by Gasteiger charge is -2.50. The lowest BCUT2D eigenvalue weighted by Crippen LogP contribution is -2.59. The van der Waals surface area contributed by atoms with E-state index in [-0.39, 0.29) is 6.09 Å². The first kappa shape index (κ1) is 19.1. The van der Waals surface area contributed by atoms with Crippen molar-refractivity contribution in [2.45, 2.75) is 58.7 Å². The Kier molecular flexibility index (Phi) is 5.22. The number of carbonyl (C=O) groups is 1. The van der Waals surface area contributed by atoms with Crippen molar-refractivity contribution < 1.29 is 14.6 Å². The number of likely N-dealkylation sites (tertiary alicyclic amines) is 1. The Morgan fingerprint density at radius 2 is 1.88 bits per heavy atom. The first-order chi connectivity index (χ1) is 10.9. The number of benzene rings is 1. The SMILES string of the molecule is CC(C)(C)OC(=O)N1CCC(O)(Cc2ccc(Cl)cc2)C(C)(C)C1. The summed E-state index contributed by atoms with van der Waals surface area (Å²) < 4.78 is 5.46. The lowest BCUT2D eigenvalue weighted by atomic mass is 9.67. The molecular weight excluding hydrogens is 326 g/mol. The van der Waals surface area contributed by atoms with Gasteiger partial charge in [0, 0.05) is 29.9 Å². The third kappa shape index (κ3) is 4.42. The van der Waals surface area contributed by atoms with Gasteiger partial charge in [0.05, 0.1) is 5.60 Å². The Bertz CT molecular complexity index is 592. The van der Waals surface area contributed by atoms with Gasteiger partial charge in [-0.3, -0.25) is 0 Å².